The Morgan fingerprint density at radius 2 is 2.00 bits per heavy atom. The van der Waals surface area contributed by atoms with Crippen LogP contribution in [0, 0.1) is 6.92 Å². The quantitative estimate of drug-likeness (QED) is 0.909. The number of carbonyl (C=O) groups excluding carboxylic acids is 1. The van der Waals surface area contributed by atoms with Gasteiger partial charge in [-0.2, -0.15) is 0 Å². The summed E-state index contributed by atoms with van der Waals surface area (Å²) in [5, 5.41) is 12.1. The van der Waals surface area contributed by atoms with Gasteiger partial charge in [-0.25, -0.2) is 0 Å². The van der Waals surface area contributed by atoms with E-state index in [0.717, 1.165) is 10.0 Å². The first-order valence-electron chi connectivity index (χ1n) is 5.88. The number of benzene rings is 2. The molecule has 2 N–H and O–H groups in total. The smallest absolute Gasteiger partial charge is 0.255 e. The van der Waals surface area contributed by atoms with E-state index in [0.29, 0.717) is 16.8 Å². The summed E-state index contributed by atoms with van der Waals surface area (Å²) < 4.78 is 0.860. The number of halogens is 1. The lowest BCUT2D eigenvalue weighted by Gasteiger charge is -2.11. The normalized spacial score (nSPS) is 10.3. The van der Waals surface area contributed by atoms with Gasteiger partial charge in [0.15, 0.2) is 0 Å². The molecule has 2 rings (SSSR count). The van der Waals surface area contributed by atoms with Crippen LogP contribution in [0.3, 0.4) is 0 Å². The zero-order chi connectivity index (χ0) is 13.8. The van der Waals surface area contributed by atoms with Crippen molar-refractivity contribution < 1.29 is 9.90 Å². The fourth-order valence-electron chi connectivity index (χ4n) is 1.81. The number of aliphatic hydroxyl groups is 1. The molecule has 4 heteroatoms. The lowest BCUT2D eigenvalue weighted by Crippen LogP contribution is -2.14. The van der Waals surface area contributed by atoms with Gasteiger partial charge in [0, 0.05) is 21.3 Å². The second kappa shape index (κ2) is 5.99. The summed E-state index contributed by atoms with van der Waals surface area (Å²) in [4.78, 5) is 12.2. The Morgan fingerprint density at radius 3 is 2.74 bits per heavy atom. The van der Waals surface area contributed by atoms with Crippen molar-refractivity contribution in [3.05, 3.63) is 63.6 Å². The molecular formula is C15H14BrNO2. The van der Waals surface area contributed by atoms with Gasteiger partial charge < -0.3 is 10.4 Å². The molecule has 0 radical (unpaired) electrons. The molecule has 2 aromatic rings. The molecule has 0 heterocycles. The van der Waals surface area contributed by atoms with Crippen molar-refractivity contribution >= 4 is 27.5 Å². The van der Waals surface area contributed by atoms with Crippen molar-refractivity contribution in [1.82, 2.24) is 0 Å². The van der Waals surface area contributed by atoms with E-state index >= 15 is 0 Å². The molecule has 0 saturated heterocycles. The van der Waals surface area contributed by atoms with Crippen molar-refractivity contribution in [2.24, 2.45) is 0 Å². The molecule has 0 saturated carbocycles. The number of nitrogens with one attached hydrogen (secondary N) is 1. The molecular weight excluding hydrogens is 306 g/mol. The van der Waals surface area contributed by atoms with Crippen molar-refractivity contribution in [2.75, 3.05) is 5.32 Å². The van der Waals surface area contributed by atoms with Gasteiger partial charge in [0.2, 0.25) is 0 Å². The van der Waals surface area contributed by atoms with Crippen molar-refractivity contribution in [3.8, 4) is 0 Å². The number of aliphatic hydroxyl groups excluding tert-OH is 1. The highest BCUT2D eigenvalue weighted by Gasteiger charge is 2.11. The van der Waals surface area contributed by atoms with E-state index < -0.39 is 0 Å². The van der Waals surface area contributed by atoms with Crippen LogP contribution in [0.2, 0.25) is 0 Å². The van der Waals surface area contributed by atoms with Crippen LogP contribution in [0.5, 0.6) is 0 Å². The van der Waals surface area contributed by atoms with Gasteiger partial charge >= 0.3 is 0 Å². The molecule has 1 amide bonds. The van der Waals surface area contributed by atoms with Gasteiger partial charge in [-0.05, 0) is 30.7 Å². The molecule has 0 aromatic heterocycles. The van der Waals surface area contributed by atoms with Gasteiger partial charge in [-0.1, -0.05) is 40.2 Å². The second-order valence-electron chi connectivity index (χ2n) is 4.23. The Bertz CT molecular complexity index is 611. The van der Waals surface area contributed by atoms with E-state index in [4.69, 9.17) is 0 Å². The summed E-state index contributed by atoms with van der Waals surface area (Å²) in [7, 11) is 0. The van der Waals surface area contributed by atoms with E-state index in [2.05, 4.69) is 21.2 Å². The number of para-hydroxylation sites is 1. The van der Waals surface area contributed by atoms with Crippen LogP contribution in [0.4, 0.5) is 5.69 Å². The number of rotatable bonds is 3. The van der Waals surface area contributed by atoms with E-state index in [1.54, 1.807) is 18.2 Å². The molecule has 19 heavy (non-hydrogen) atoms. The third-order valence-corrected chi connectivity index (χ3v) is 3.37. The molecule has 0 aliphatic heterocycles. The molecule has 2 aromatic carbocycles. The maximum absolute atomic E-state index is 12.2. The summed E-state index contributed by atoms with van der Waals surface area (Å²) in [5.74, 6) is -0.181. The largest absolute Gasteiger partial charge is 0.392 e. The molecule has 98 valence electrons. The minimum Gasteiger partial charge on any atom is -0.392 e. The van der Waals surface area contributed by atoms with Crippen LogP contribution in [0.1, 0.15) is 21.5 Å². The van der Waals surface area contributed by atoms with Crippen molar-refractivity contribution in [2.45, 2.75) is 13.5 Å². The molecule has 3 nitrogen and oxygen atoms in total. The lowest BCUT2D eigenvalue weighted by atomic mass is 10.1. The van der Waals surface area contributed by atoms with Gasteiger partial charge in [0.05, 0.1) is 6.61 Å². The summed E-state index contributed by atoms with van der Waals surface area (Å²) in [6.45, 7) is 1.78. The number of hydrogen-bond acceptors (Lipinski definition) is 2. The highest BCUT2D eigenvalue weighted by molar-refractivity contribution is 9.10. The molecule has 0 spiro atoms. The highest BCUT2D eigenvalue weighted by Crippen LogP contribution is 2.20. The van der Waals surface area contributed by atoms with Gasteiger partial charge in [0.1, 0.15) is 0 Å². The first-order chi connectivity index (χ1) is 9.11. The number of carbonyl (C=O) groups is 1. The monoisotopic (exact) mass is 319 g/mol. The first kappa shape index (κ1) is 13.8. The van der Waals surface area contributed by atoms with E-state index in [-0.39, 0.29) is 12.5 Å². The van der Waals surface area contributed by atoms with Crippen molar-refractivity contribution in [1.29, 1.82) is 0 Å². The van der Waals surface area contributed by atoms with Crippen LogP contribution in [-0.2, 0) is 6.61 Å². The van der Waals surface area contributed by atoms with Crippen molar-refractivity contribution in [3.63, 3.8) is 0 Å². The third-order valence-electron chi connectivity index (χ3n) is 2.88. The Balaban J connectivity index is 2.28. The molecule has 0 fully saturated rings. The predicted molar refractivity (Wildman–Crippen MR) is 79.2 cm³/mol. The van der Waals surface area contributed by atoms with Gasteiger partial charge in [-0.15, -0.1) is 0 Å². The van der Waals surface area contributed by atoms with Crippen LogP contribution in [-0.4, -0.2) is 11.0 Å². The standard InChI is InChI=1S/C15H14BrNO2/c1-10-6-7-12(16)8-13(10)15(19)17-14-5-3-2-4-11(14)9-18/h2-8,18H,9H2,1H3,(H,17,19). The zero-order valence-electron chi connectivity index (χ0n) is 10.5. The SMILES string of the molecule is Cc1ccc(Br)cc1C(=O)Nc1ccccc1CO. The van der Waals surface area contributed by atoms with Crippen LogP contribution in [0.25, 0.3) is 0 Å². The van der Waals surface area contributed by atoms with E-state index in [1.807, 2.05) is 31.2 Å². The van der Waals surface area contributed by atoms with Gasteiger partial charge in [0.25, 0.3) is 5.91 Å². The summed E-state index contributed by atoms with van der Waals surface area (Å²) in [6.07, 6.45) is 0. The molecule has 0 atom stereocenters. The molecule has 0 aliphatic rings. The first-order valence-corrected chi connectivity index (χ1v) is 6.67. The van der Waals surface area contributed by atoms with Crippen LogP contribution in [0.15, 0.2) is 46.9 Å². The maximum Gasteiger partial charge on any atom is 0.255 e. The molecule has 0 unspecified atom stereocenters. The highest BCUT2D eigenvalue weighted by atomic mass is 79.9. The second-order valence-corrected chi connectivity index (χ2v) is 5.14. The number of aryl methyl sites for hydroxylation is 1. The average Bonchev–Trinajstić information content (AvgIpc) is 2.42. The summed E-state index contributed by atoms with van der Waals surface area (Å²) >= 11 is 3.36. The Morgan fingerprint density at radius 1 is 1.26 bits per heavy atom. The fourth-order valence-corrected chi connectivity index (χ4v) is 2.17. The minimum absolute atomic E-state index is 0.103. The Kier molecular flexibility index (Phi) is 4.35. The fraction of sp³-hybridized carbons (Fsp3) is 0.133. The average molecular weight is 320 g/mol. The van der Waals surface area contributed by atoms with Crippen LogP contribution < -0.4 is 5.32 Å². The third kappa shape index (κ3) is 3.22. The molecule has 0 aliphatic carbocycles. The number of hydrogen-bond donors (Lipinski definition) is 2. The number of anilines is 1. The summed E-state index contributed by atoms with van der Waals surface area (Å²) in [6, 6.07) is 12.8. The van der Waals surface area contributed by atoms with E-state index in [1.165, 1.54) is 0 Å². The Labute approximate surface area is 120 Å². The topological polar surface area (TPSA) is 49.3 Å². The molecule has 0 bridgehead atoms. The number of amides is 1. The van der Waals surface area contributed by atoms with Gasteiger partial charge in [-0.3, -0.25) is 4.79 Å². The summed E-state index contributed by atoms with van der Waals surface area (Å²) in [5.41, 5.74) is 2.85. The lowest BCUT2D eigenvalue weighted by molar-refractivity contribution is 0.102. The zero-order valence-corrected chi connectivity index (χ0v) is 12.1. The minimum atomic E-state index is -0.181. The van der Waals surface area contributed by atoms with Crippen LogP contribution >= 0.6 is 15.9 Å². The maximum atomic E-state index is 12.2. The Hall–Kier alpha value is -1.65. The van der Waals surface area contributed by atoms with E-state index in [9.17, 15) is 9.90 Å². The predicted octanol–water partition coefficient (Wildman–Crippen LogP) is 3.50.